The molecule has 0 aliphatic heterocycles. The lowest BCUT2D eigenvalue weighted by Crippen LogP contribution is -2.16. The normalized spacial score (nSPS) is 10.6. The predicted molar refractivity (Wildman–Crippen MR) is 112 cm³/mol. The molecule has 0 atom stereocenters. The van der Waals surface area contributed by atoms with Gasteiger partial charge in [0.15, 0.2) is 0 Å². The second-order valence-electron chi connectivity index (χ2n) is 6.21. The average Bonchev–Trinajstić information content (AvgIpc) is 3.05. The number of amides is 1. The molecule has 0 aliphatic rings. The quantitative estimate of drug-likeness (QED) is 0.559. The lowest BCUT2D eigenvalue weighted by Gasteiger charge is -2.09. The smallest absolute Gasteiger partial charge is 0.341 e. The number of aromatic nitrogens is 1. The Bertz CT molecular complexity index is 1010. The summed E-state index contributed by atoms with van der Waals surface area (Å²) in [4.78, 5) is 29.6. The van der Waals surface area contributed by atoms with Gasteiger partial charge >= 0.3 is 5.97 Å². The van der Waals surface area contributed by atoms with Crippen molar-refractivity contribution >= 4 is 39.8 Å². The number of nitrogens with one attached hydrogen (secondary N) is 1. The third kappa shape index (κ3) is 4.40. The maximum Gasteiger partial charge on any atom is 0.341 e. The summed E-state index contributed by atoms with van der Waals surface area (Å²) in [5, 5.41) is 5.66. The van der Waals surface area contributed by atoms with Crippen molar-refractivity contribution in [2.75, 3.05) is 11.9 Å². The van der Waals surface area contributed by atoms with Crippen LogP contribution in [0.4, 0.5) is 5.00 Å². The third-order valence-corrected chi connectivity index (χ3v) is 5.13. The van der Waals surface area contributed by atoms with E-state index in [4.69, 9.17) is 16.3 Å². The maximum atomic E-state index is 12.7. The van der Waals surface area contributed by atoms with Gasteiger partial charge in [-0.3, -0.25) is 4.79 Å². The summed E-state index contributed by atoms with van der Waals surface area (Å²) in [5.74, 6) is -0.862. The number of carbonyl (C=O) groups is 2. The fourth-order valence-electron chi connectivity index (χ4n) is 2.82. The fourth-order valence-corrected chi connectivity index (χ4v) is 3.90. The van der Waals surface area contributed by atoms with E-state index >= 15 is 0 Å². The minimum atomic E-state index is -0.489. The van der Waals surface area contributed by atoms with Crippen molar-refractivity contribution in [2.24, 2.45) is 0 Å². The summed E-state index contributed by atoms with van der Waals surface area (Å²) in [6.07, 6.45) is 0. The third-order valence-electron chi connectivity index (χ3n) is 3.98. The number of pyridine rings is 1. The Labute approximate surface area is 172 Å². The number of benzene rings is 1. The van der Waals surface area contributed by atoms with E-state index in [1.54, 1.807) is 25.1 Å². The van der Waals surface area contributed by atoms with Crippen LogP contribution in [0.2, 0.25) is 5.02 Å². The van der Waals surface area contributed by atoms with Crippen LogP contribution in [0, 0.1) is 13.8 Å². The van der Waals surface area contributed by atoms with Gasteiger partial charge in [0.2, 0.25) is 0 Å². The molecular formula is C21H19ClN2O3S. The number of rotatable bonds is 5. The highest BCUT2D eigenvalue weighted by atomic mass is 35.5. The summed E-state index contributed by atoms with van der Waals surface area (Å²) in [7, 11) is 0. The number of ether oxygens (including phenoxy) is 1. The van der Waals surface area contributed by atoms with E-state index in [1.165, 1.54) is 11.3 Å². The Morgan fingerprint density at radius 1 is 1.18 bits per heavy atom. The first kappa shape index (κ1) is 20.0. The van der Waals surface area contributed by atoms with Gasteiger partial charge in [0, 0.05) is 21.7 Å². The van der Waals surface area contributed by atoms with Gasteiger partial charge in [-0.25, -0.2) is 9.78 Å². The largest absolute Gasteiger partial charge is 0.462 e. The van der Waals surface area contributed by atoms with Crippen molar-refractivity contribution in [1.82, 2.24) is 4.98 Å². The van der Waals surface area contributed by atoms with E-state index < -0.39 is 5.97 Å². The topological polar surface area (TPSA) is 68.3 Å². The van der Waals surface area contributed by atoms with E-state index in [1.807, 2.05) is 37.4 Å². The van der Waals surface area contributed by atoms with Gasteiger partial charge in [0.1, 0.15) is 16.3 Å². The summed E-state index contributed by atoms with van der Waals surface area (Å²) in [6, 6.07) is 10.8. The molecule has 7 heteroatoms. The highest BCUT2D eigenvalue weighted by Gasteiger charge is 2.23. The van der Waals surface area contributed by atoms with Crippen LogP contribution < -0.4 is 5.32 Å². The van der Waals surface area contributed by atoms with E-state index in [9.17, 15) is 9.59 Å². The molecule has 28 heavy (non-hydrogen) atoms. The molecule has 3 aromatic rings. The van der Waals surface area contributed by atoms with Crippen LogP contribution in [0.3, 0.4) is 0 Å². The maximum absolute atomic E-state index is 12.7. The zero-order valence-corrected chi connectivity index (χ0v) is 17.3. The molecule has 0 unspecified atom stereocenters. The van der Waals surface area contributed by atoms with E-state index in [0.29, 0.717) is 26.8 Å². The van der Waals surface area contributed by atoms with Gasteiger partial charge in [0.25, 0.3) is 5.91 Å². The molecule has 5 nitrogen and oxygen atoms in total. The van der Waals surface area contributed by atoms with Gasteiger partial charge < -0.3 is 10.1 Å². The molecule has 0 spiro atoms. The van der Waals surface area contributed by atoms with Gasteiger partial charge in [-0.15, -0.1) is 11.3 Å². The van der Waals surface area contributed by atoms with Gasteiger partial charge in [0.05, 0.1) is 6.61 Å². The van der Waals surface area contributed by atoms with Crippen LogP contribution in [-0.2, 0) is 4.74 Å². The first-order valence-corrected chi connectivity index (χ1v) is 9.96. The Kier molecular flexibility index (Phi) is 6.11. The van der Waals surface area contributed by atoms with Gasteiger partial charge in [-0.05, 0) is 56.2 Å². The van der Waals surface area contributed by atoms with Crippen molar-refractivity contribution in [3.63, 3.8) is 0 Å². The number of anilines is 1. The molecule has 0 radical (unpaired) electrons. The number of esters is 1. The molecule has 3 rings (SSSR count). The first-order chi connectivity index (χ1) is 13.4. The number of hydrogen-bond acceptors (Lipinski definition) is 5. The van der Waals surface area contributed by atoms with Crippen molar-refractivity contribution < 1.29 is 14.3 Å². The molecule has 1 amide bonds. The second kappa shape index (κ2) is 8.54. The second-order valence-corrected chi connectivity index (χ2v) is 7.52. The monoisotopic (exact) mass is 414 g/mol. The van der Waals surface area contributed by atoms with Crippen molar-refractivity contribution in [3.05, 3.63) is 69.3 Å². The molecular weight excluding hydrogens is 396 g/mol. The zero-order valence-electron chi connectivity index (χ0n) is 15.7. The number of aryl methyl sites for hydroxylation is 2. The highest BCUT2D eigenvalue weighted by Crippen LogP contribution is 2.36. The van der Waals surface area contributed by atoms with E-state index in [0.717, 1.165) is 16.8 Å². The number of nitrogens with zero attached hydrogens (tertiary/aromatic N) is 1. The summed E-state index contributed by atoms with van der Waals surface area (Å²) >= 11 is 7.23. The number of halogens is 1. The van der Waals surface area contributed by atoms with Crippen molar-refractivity contribution in [1.29, 1.82) is 0 Å². The summed E-state index contributed by atoms with van der Waals surface area (Å²) in [6.45, 7) is 5.71. The molecule has 2 aromatic heterocycles. The lowest BCUT2D eigenvalue weighted by atomic mass is 10.0. The van der Waals surface area contributed by atoms with Crippen LogP contribution in [0.25, 0.3) is 11.1 Å². The molecule has 0 aliphatic carbocycles. The Hall–Kier alpha value is -2.70. The molecule has 1 aromatic carbocycles. The van der Waals surface area contributed by atoms with Gasteiger partial charge in [-0.2, -0.15) is 0 Å². The van der Waals surface area contributed by atoms with Crippen LogP contribution in [-0.4, -0.2) is 23.5 Å². The molecule has 1 N–H and O–H groups in total. The van der Waals surface area contributed by atoms with Crippen molar-refractivity contribution in [3.8, 4) is 11.1 Å². The Balaban J connectivity index is 1.99. The molecule has 0 fully saturated rings. The average molecular weight is 415 g/mol. The highest BCUT2D eigenvalue weighted by molar-refractivity contribution is 7.15. The van der Waals surface area contributed by atoms with Gasteiger partial charge in [-0.1, -0.05) is 23.7 Å². The molecule has 144 valence electrons. The Morgan fingerprint density at radius 2 is 1.89 bits per heavy atom. The number of carbonyl (C=O) groups excluding carboxylic acids is 2. The summed E-state index contributed by atoms with van der Waals surface area (Å²) in [5.41, 5.74) is 3.82. The van der Waals surface area contributed by atoms with Crippen molar-refractivity contribution in [2.45, 2.75) is 20.8 Å². The molecule has 2 heterocycles. The zero-order chi connectivity index (χ0) is 20.3. The van der Waals surface area contributed by atoms with E-state index in [2.05, 4.69) is 10.3 Å². The SMILES string of the molecule is CCOC(=O)c1c(-c2ccc(Cl)cc2)csc1NC(=O)c1cc(C)cc(C)n1. The fraction of sp³-hybridized carbons (Fsp3) is 0.190. The number of hydrogen-bond donors (Lipinski definition) is 1. The van der Waals surface area contributed by atoms with Crippen LogP contribution in [0.5, 0.6) is 0 Å². The summed E-state index contributed by atoms with van der Waals surface area (Å²) < 4.78 is 5.21. The Morgan fingerprint density at radius 3 is 2.54 bits per heavy atom. The first-order valence-electron chi connectivity index (χ1n) is 8.70. The minimum Gasteiger partial charge on any atom is -0.462 e. The van der Waals surface area contributed by atoms with Crippen LogP contribution in [0.1, 0.15) is 39.0 Å². The molecule has 0 saturated carbocycles. The minimum absolute atomic E-state index is 0.237. The molecule has 0 saturated heterocycles. The number of thiophene rings is 1. The van der Waals surface area contributed by atoms with Crippen LogP contribution >= 0.6 is 22.9 Å². The molecule has 0 bridgehead atoms. The van der Waals surface area contributed by atoms with Crippen LogP contribution in [0.15, 0.2) is 41.8 Å². The standard InChI is InChI=1S/C21H19ClN2O3S/c1-4-27-21(26)18-16(14-5-7-15(22)8-6-14)11-28-20(18)24-19(25)17-10-12(2)9-13(3)23-17/h5-11H,4H2,1-3H3,(H,24,25). The predicted octanol–water partition coefficient (Wildman–Crippen LogP) is 5.51. The van der Waals surface area contributed by atoms with E-state index in [-0.39, 0.29) is 12.5 Å². The lowest BCUT2D eigenvalue weighted by molar-refractivity contribution is 0.0529.